The van der Waals surface area contributed by atoms with E-state index in [9.17, 15) is 0 Å². The summed E-state index contributed by atoms with van der Waals surface area (Å²) in [7, 11) is 0. The zero-order valence-electron chi connectivity index (χ0n) is 12.0. The summed E-state index contributed by atoms with van der Waals surface area (Å²) < 4.78 is 0. The normalized spacial score (nSPS) is 33.0. The topological polar surface area (TPSA) is 12.0 Å². The zero-order chi connectivity index (χ0) is 12.8. The van der Waals surface area contributed by atoms with Gasteiger partial charge in [-0.25, -0.2) is 0 Å². The van der Waals surface area contributed by atoms with E-state index in [2.05, 4.69) is 30.4 Å². The van der Waals surface area contributed by atoms with E-state index in [1.807, 2.05) is 0 Å². The fraction of sp³-hybridized carbons (Fsp3) is 0.667. The number of benzene rings is 1. The minimum absolute atomic E-state index is 0.631. The molecule has 1 heteroatoms. The SMILES string of the molecule is CCNC(c1ccc2c(c1)CCC2)C1C2CCCC21. The quantitative estimate of drug-likeness (QED) is 0.861. The molecule has 3 unspecified atom stereocenters. The Morgan fingerprint density at radius 1 is 1.11 bits per heavy atom. The molecule has 0 radical (unpaired) electrons. The van der Waals surface area contributed by atoms with Gasteiger partial charge in [0.1, 0.15) is 0 Å². The Labute approximate surface area is 116 Å². The van der Waals surface area contributed by atoms with Crippen LogP contribution in [0, 0.1) is 17.8 Å². The Morgan fingerprint density at radius 3 is 2.68 bits per heavy atom. The van der Waals surface area contributed by atoms with Crippen molar-refractivity contribution in [2.45, 2.75) is 51.5 Å². The van der Waals surface area contributed by atoms with Crippen LogP contribution >= 0.6 is 0 Å². The molecule has 3 atom stereocenters. The molecule has 3 aliphatic rings. The fourth-order valence-electron chi connectivity index (χ4n) is 4.85. The molecule has 0 spiro atoms. The van der Waals surface area contributed by atoms with Crippen molar-refractivity contribution in [3.8, 4) is 0 Å². The number of aryl methyl sites for hydroxylation is 2. The number of fused-ring (bicyclic) bond motifs is 2. The third-order valence-electron chi connectivity index (χ3n) is 5.76. The van der Waals surface area contributed by atoms with E-state index < -0.39 is 0 Å². The van der Waals surface area contributed by atoms with Gasteiger partial charge in [0, 0.05) is 6.04 Å². The van der Waals surface area contributed by atoms with Crippen LogP contribution in [0.5, 0.6) is 0 Å². The molecule has 1 aromatic carbocycles. The predicted octanol–water partition coefficient (Wildman–Crippen LogP) is 3.87. The maximum absolute atomic E-state index is 3.78. The lowest BCUT2D eigenvalue weighted by atomic mass is 9.94. The Hall–Kier alpha value is -0.820. The van der Waals surface area contributed by atoms with Gasteiger partial charge in [0.25, 0.3) is 0 Å². The summed E-state index contributed by atoms with van der Waals surface area (Å²) in [5.74, 6) is 3.02. The summed E-state index contributed by atoms with van der Waals surface area (Å²) in [6.07, 6.45) is 8.42. The van der Waals surface area contributed by atoms with Gasteiger partial charge in [-0.05, 0) is 73.1 Å². The first kappa shape index (κ1) is 12.0. The average molecular weight is 255 g/mol. The van der Waals surface area contributed by atoms with Crippen LogP contribution in [-0.4, -0.2) is 6.54 Å². The van der Waals surface area contributed by atoms with Crippen LogP contribution in [-0.2, 0) is 12.8 Å². The van der Waals surface area contributed by atoms with Crippen LogP contribution < -0.4 is 5.32 Å². The monoisotopic (exact) mass is 255 g/mol. The lowest BCUT2D eigenvalue weighted by Crippen LogP contribution is -2.24. The molecule has 1 aromatic rings. The molecule has 0 heterocycles. The largest absolute Gasteiger partial charge is 0.310 e. The average Bonchev–Trinajstić information content (AvgIpc) is 2.86. The molecule has 1 N–H and O–H groups in total. The third kappa shape index (κ3) is 1.94. The second-order valence-electron chi connectivity index (χ2n) is 6.75. The molecule has 2 fully saturated rings. The molecule has 19 heavy (non-hydrogen) atoms. The third-order valence-corrected chi connectivity index (χ3v) is 5.76. The second-order valence-corrected chi connectivity index (χ2v) is 6.75. The second kappa shape index (κ2) is 4.63. The fourth-order valence-corrected chi connectivity index (χ4v) is 4.85. The van der Waals surface area contributed by atoms with Gasteiger partial charge < -0.3 is 5.32 Å². The first-order valence-corrected chi connectivity index (χ1v) is 8.23. The van der Waals surface area contributed by atoms with Gasteiger partial charge in [-0.1, -0.05) is 31.5 Å². The van der Waals surface area contributed by atoms with Crippen molar-refractivity contribution in [2.24, 2.45) is 17.8 Å². The zero-order valence-corrected chi connectivity index (χ0v) is 12.0. The molecule has 1 nitrogen and oxygen atoms in total. The van der Waals surface area contributed by atoms with Crippen molar-refractivity contribution < 1.29 is 0 Å². The highest BCUT2D eigenvalue weighted by atomic mass is 14.9. The Kier molecular flexibility index (Phi) is 2.91. The van der Waals surface area contributed by atoms with Crippen LogP contribution in [0.1, 0.15) is 55.3 Å². The summed E-state index contributed by atoms with van der Waals surface area (Å²) in [5.41, 5.74) is 4.81. The van der Waals surface area contributed by atoms with Gasteiger partial charge in [0.15, 0.2) is 0 Å². The van der Waals surface area contributed by atoms with E-state index >= 15 is 0 Å². The summed E-state index contributed by atoms with van der Waals surface area (Å²) in [6, 6.07) is 7.96. The standard InChI is InChI=1S/C18H25N/c1-2-19-18(17-15-7-4-8-16(15)17)14-10-9-12-5-3-6-13(12)11-14/h9-11,15-19H,2-8H2,1H3. The van der Waals surface area contributed by atoms with Crippen molar-refractivity contribution in [1.29, 1.82) is 0 Å². The number of nitrogens with one attached hydrogen (secondary N) is 1. The Balaban J connectivity index is 1.60. The van der Waals surface area contributed by atoms with Crippen molar-refractivity contribution in [3.63, 3.8) is 0 Å². The van der Waals surface area contributed by atoms with Crippen LogP contribution in [0.15, 0.2) is 18.2 Å². The highest BCUT2D eigenvalue weighted by Crippen LogP contribution is 2.62. The highest BCUT2D eigenvalue weighted by Gasteiger charge is 2.55. The van der Waals surface area contributed by atoms with Crippen molar-refractivity contribution in [2.75, 3.05) is 6.54 Å². The van der Waals surface area contributed by atoms with Crippen LogP contribution in [0.4, 0.5) is 0 Å². The lowest BCUT2D eigenvalue weighted by molar-refractivity contribution is 0.425. The van der Waals surface area contributed by atoms with E-state index in [1.165, 1.54) is 38.5 Å². The van der Waals surface area contributed by atoms with E-state index in [4.69, 9.17) is 0 Å². The van der Waals surface area contributed by atoms with E-state index in [0.717, 1.165) is 24.3 Å². The lowest BCUT2D eigenvalue weighted by Gasteiger charge is -2.21. The van der Waals surface area contributed by atoms with Crippen LogP contribution in [0.3, 0.4) is 0 Å². The van der Waals surface area contributed by atoms with E-state index in [0.29, 0.717) is 6.04 Å². The van der Waals surface area contributed by atoms with Gasteiger partial charge >= 0.3 is 0 Å². The Bertz CT molecular complexity index is 469. The van der Waals surface area contributed by atoms with Gasteiger partial charge in [0.05, 0.1) is 0 Å². The van der Waals surface area contributed by atoms with E-state index in [1.54, 1.807) is 16.7 Å². The van der Waals surface area contributed by atoms with Crippen LogP contribution in [0.25, 0.3) is 0 Å². The minimum Gasteiger partial charge on any atom is -0.310 e. The summed E-state index contributed by atoms with van der Waals surface area (Å²) in [6.45, 7) is 3.34. The van der Waals surface area contributed by atoms with Crippen molar-refractivity contribution >= 4 is 0 Å². The number of hydrogen-bond acceptors (Lipinski definition) is 1. The maximum atomic E-state index is 3.78. The Morgan fingerprint density at radius 2 is 1.89 bits per heavy atom. The molecule has 2 saturated carbocycles. The summed E-state index contributed by atoms with van der Waals surface area (Å²) >= 11 is 0. The molecule has 3 aliphatic carbocycles. The van der Waals surface area contributed by atoms with Crippen molar-refractivity contribution in [1.82, 2.24) is 5.32 Å². The molecule has 0 aromatic heterocycles. The minimum atomic E-state index is 0.631. The van der Waals surface area contributed by atoms with Crippen molar-refractivity contribution in [3.05, 3.63) is 34.9 Å². The molecule has 0 saturated heterocycles. The molecular formula is C18H25N. The van der Waals surface area contributed by atoms with Gasteiger partial charge in [-0.2, -0.15) is 0 Å². The summed E-state index contributed by atoms with van der Waals surface area (Å²) in [5, 5.41) is 3.78. The molecule has 4 rings (SSSR count). The first-order valence-electron chi connectivity index (χ1n) is 8.23. The van der Waals surface area contributed by atoms with E-state index in [-0.39, 0.29) is 0 Å². The molecule has 102 valence electrons. The predicted molar refractivity (Wildman–Crippen MR) is 79.2 cm³/mol. The van der Waals surface area contributed by atoms with Crippen LogP contribution in [0.2, 0.25) is 0 Å². The van der Waals surface area contributed by atoms with Gasteiger partial charge in [0.2, 0.25) is 0 Å². The highest BCUT2D eigenvalue weighted by molar-refractivity contribution is 5.37. The number of rotatable bonds is 4. The first-order chi connectivity index (χ1) is 9.38. The summed E-state index contributed by atoms with van der Waals surface area (Å²) in [4.78, 5) is 0. The molecular weight excluding hydrogens is 230 g/mol. The molecule has 0 bridgehead atoms. The van der Waals surface area contributed by atoms with Gasteiger partial charge in [-0.15, -0.1) is 0 Å². The maximum Gasteiger partial charge on any atom is 0.0354 e. The molecule has 0 aliphatic heterocycles. The number of hydrogen-bond donors (Lipinski definition) is 1. The molecule has 0 amide bonds. The van der Waals surface area contributed by atoms with Gasteiger partial charge in [-0.3, -0.25) is 0 Å². The smallest absolute Gasteiger partial charge is 0.0354 e.